The van der Waals surface area contributed by atoms with Gasteiger partial charge in [-0.05, 0) is 35.9 Å². The maximum absolute atomic E-state index is 14.8. The van der Waals surface area contributed by atoms with Gasteiger partial charge in [0.25, 0.3) is 5.91 Å². The van der Waals surface area contributed by atoms with Crippen molar-refractivity contribution in [2.75, 3.05) is 6.26 Å². The topological polar surface area (TPSA) is 81.1 Å². The molecule has 0 bridgehead atoms. The van der Waals surface area contributed by atoms with Crippen LogP contribution >= 0.6 is 11.6 Å². The highest BCUT2D eigenvalue weighted by molar-refractivity contribution is 7.89. The van der Waals surface area contributed by atoms with Crippen molar-refractivity contribution in [2.45, 2.75) is 6.18 Å². The summed E-state index contributed by atoms with van der Waals surface area (Å²) < 4.78 is 79.3. The lowest BCUT2D eigenvalue weighted by atomic mass is 10.0. The smallest absolute Gasteiger partial charge is 0.299 e. The molecule has 0 saturated carbocycles. The second-order valence-corrected chi connectivity index (χ2v) is 9.50. The van der Waals surface area contributed by atoms with Crippen LogP contribution in [0, 0.1) is 5.82 Å². The molecule has 0 saturated heterocycles. The number of rotatable bonds is 4. The summed E-state index contributed by atoms with van der Waals surface area (Å²) in [5.74, 6) is -2.22. The number of benzene rings is 2. The van der Waals surface area contributed by atoms with Crippen LogP contribution in [0.2, 0.25) is 5.02 Å². The van der Waals surface area contributed by atoms with Gasteiger partial charge in [0, 0.05) is 29.4 Å². The zero-order valence-corrected chi connectivity index (χ0v) is 18.8. The molecule has 4 aromatic rings. The van der Waals surface area contributed by atoms with Gasteiger partial charge in [-0.2, -0.15) is 13.2 Å². The minimum atomic E-state index is -4.48. The summed E-state index contributed by atoms with van der Waals surface area (Å²) in [5.41, 5.74) is 0.0411. The number of nitrogens with zero attached hydrogens (tertiary/aromatic N) is 2. The third kappa shape index (κ3) is 4.62. The van der Waals surface area contributed by atoms with Gasteiger partial charge in [-0.25, -0.2) is 22.5 Å². The van der Waals surface area contributed by atoms with Crippen molar-refractivity contribution >= 4 is 38.6 Å². The first-order chi connectivity index (χ1) is 15.8. The van der Waals surface area contributed by atoms with Crippen molar-refractivity contribution in [2.24, 2.45) is 0 Å². The Balaban J connectivity index is 1.84. The fourth-order valence-electron chi connectivity index (χ4n) is 3.43. The quantitative estimate of drug-likeness (QED) is 0.382. The minimum absolute atomic E-state index is 0.0819. The van der Waals surface area contributed by atoms with Gasteiger partial charge in [0.05, 0.1) is 28.1 Å². The van der Waals surface area contributed by atoms with Crippen molar-refractivity contribution in [1.29, 1.82) is 0 Å². The molecule has 1 amide bonds. The van der Waals surface area contributed by atoms with Crippen molar-refractivity contribution < 1.29 is 30.8 Å². The van der Waals surface area contributed by atoms with Crippen LogP contribution in [0.25, 0.3) is 27.8 Å². The molecule has 1 N–H and O–H groups in total. The molecule has 0 unspecified atom stereocenters. The lowest BCUT2D eigenvalue weighted by Gasteiger charge is -2.11. The monoisotopic (exact) mass is 511 g/mol. The molecule has 0 fully saturated rings. The predicted molar refractivity (Wildman–Crippen MR) is 119 cm³/mol. The van der Waals surface area contributed by atoms with E-state index in [-0.39, 0.29) is 10.7 Å². The molecule has 0 radical (unpaired) electrons. The summed E-state index contributed by atoms with van der Waals surface area (Å²) in [6.07, 6.45) is -0.714. The Morgan fingerprint density at radius 1 is 1.12 bits per heavy atom. The zero-order chi connectivity index (χ0) is 24.8. The van der Waals surface area contributed by atoms with Gasteiger partial charge < -0.3 is 0 Å². The van der Waals surface area contributed by atoms with E-state index in [2.05, 4.69) is 4.98 Å². The van der Waals surface area contributed by atoms with Crippen LogP contribution in [-0.2, 0) is 16.2 Å². The molecule has 0 spiro atoms. The molecular formula is C22H14ClF4N3O3S. The van der Waals surface area contributed by atoms with Gasteiger partial charge in [-0.1, -0.05) is 23.7 Å². The van der Waals surface area contributed by atoms with E-state index in [0.29, 0.717) is 22.2 Å². The largest absolute Gasteiger partial charge is 0.416 e. The van der Waals surface area contributed by atoms with Crippen molar-refractivity contribution in [1.82, 2.24) is 14.3 Å². The second-order valence-electron chi connectivity index (χ2n) is 7.35. The fourth-order valence-corrected chi connectivity index (χ4v) is 4.13. The van der Waals surface area contributed by atoms with Crippen molar-refractivity contribution in [3.8, 4) is 16.8 Å². The van der Waals surface area contributed by atoms with E-state index in [1.54, 1.807) is 16.9 Å². The highest BCUT2D eigenvalue weighted by atomic mass is 35.5. The number of carbonyl (C=O) groups is 1. The molecule has 2 aromatic heterocycles. The molecule has 176 valence electrons. The highest BCUT2D eigenvalue weighted by Crippen LogP contribution is 2.36. The Morgan fingerprint density at radius 2 is 1.79 bits per heavy atom. The Kier molecular flexibility index (Phi) is 5.86. The van der Waals surface area contributed by atoms with E-state index in [9.17, 15) is 30.8 Å². The summed E-state index contributed by atoms with van der Waals surface area (Å²) in [6.45, 7) is 0. The lowest BCUT2D eigenvalue weighted by Crippen LogP contribution is -2.30. The lowest BCUT2D eigenvalue weighted by molar-refractivity contribution is -0.137. The van der Waals surface area contributed by atoms with Gasteiger partial charge >= 0.3 is 6.18 Å². The van der Waals surface area contributed by atoms with Crippen LogP contribution in [0.15, 0.2) is 60.9 Å². The van der Waals surface area contributed by atoms with E-state index >= 15 is 0 Å². The summed E-state index contributed by atoms with van der Waals surface area (Å²) in [6, 6.07) is 9.81. The van der Waals surface area contributed by atoms with E-state index in [4.69, 9.17) is 11.6 Å². The highest BCUT2D eigenvalue weighted by Gasteiger charge is 2.30. The average molecular weight is 512 g/mol. The van der Waals surface area contributed by atoms with Gasteiger partial charge in [0.15, 0.2) is 0 Å². The first-order valence-electron chi connectivity index (χ1n) is 9.50. The molecule has 34 heavy (non-hydrogen) atoms. The van der Waals surface area contributed by atoms with Crippen LogP contribution < -0.4 is 4.72 Å². The Morgan fingerprint density at radius 3 is 2.41 bits per heavy atom. The first-order valence-corrected chi connectivity index (χ1v) is 11.8. The van der Waals surface area contributed by atoms with E-state index in [1.165, 1.54) is 29.1 Å². The van der Waals surface area contributed by atoms with Gasteiger partial charge in [0.2, 0.25) is 10.0 Å². The average Bonchev–Trinajstić information content (AvgIpc) is 3.13. The summed E-state index contributed by atoms with van der Waals surface area (Å²) in [5, 5.41) is 0.485. The summed E-state index contributed by atoms with van der Waals surface area (Å²) in [4.78, 5) is 16.4. The SMILES string of the molecule is CS(=O)(=O)NC(=O)c1cc(Cl)c(-n2cc(-c3ccc(C(F)(F)F)cc3)c3cccnc32)cc1F. The van der Waals surface area contributed by atoms with Gasteiger partial charge in [-0.3, -0.25) is 9.36 Å². The molecule has 0 aliphatic heterocycles. The summed E-state index contributed by atoms with van der Waals surface area (Å²) >= 11 is 6.31. The normalized spacial score (nSPS) is 12.2. The molecule has 2 aromatic carbocycles. The number of fused-ring (bicyclic) bond motifs is 1. The number of alkyl halides is 3. The van der Waals surface area contributed by atoms with E-state index in [1.807, 2.05) is 0 Å². The van der Waals surface area contributed by atoms with Crippen LogP contribution in [0.3, 0.4) is 0 Å². The third-order valence-electron chi connectivity index (χ3n) is 4.91. The van der Waals surface area contributed by atoms with Crippen LogP contribution in [0.4, 0.5) is 17.6 Å². The molecule has 2 heterocycles. The molecule has 12 heteroatoms. The van der Waals surface area contributed by atoms with Crippen LogP contribution in [0.5, 0.6) is 0 Å². The maximum atomic E-state index is 14.8. The number of sulfonamides is 1. The molecule has 0 aliphatic carbocycles. The van der Waals surface area contributed by atoms with Gasteiger partial charge in [0.1, 0.15) is 11.5 Å². The number of carbonyl (C=O) groups excluding carboxylic acids is 1. The van der Waals surface area contributed by atoms with Crippen molar-refractivity contribution in [3.05, 3.63) is 82.9 Å². The third-order valence-corrected chi connectivity index (χ3v) is 5.76. The maximum Gasteiger partial charge on any atom is 0.416 e. The zero-order valence-electron chi connectivity index (χ0n) is 17.2. The number of halogens is 5. The first kappa shape index (κ1) is 23.7. The predicted octanol–water partition coefficient (Wildman–Crippen LogP) is 5.19. The fraction of sp³-hybridized carbons (Fsp3) is 0.0909. The molecular weight excluding hydrogens is 498 g/mol. The Labute approximate surface area is 195 Å². The number of aromatic nitrogens is 2. The van der Waals surface area contributed by atoms with E-state index in [0.717, 1.165) is 30.5 Å². The minimum Gasteiger partial charge on any atom is -0.299 e. The number of hydrogen-bond acceptors (Lipinski definition) is 4. The van der Waals surface area contributed by atoms with E-state index < -0.39 is 39.1 Å². The molecule has 4 rings (SSSR count). The Bertz CT molecular complexity index is 1530. The number of nitrogens with one attached hydrogen (secondary N) is 1. The molecule has 6 nitrogen and oxygen atoms in total. The number of hydrogen-bond donors (Lipinski definition) is 1. The molecule has 0 aliphatic rings. The Hall–Kier alpha value is -3.44. The second kappa shape index (κ2) is 8.41. The van der Waals surface area contributed by atoms with Crippen molar-refractivity contribution in [3.63, 3.8) is 0 Å². The number of amides is 1. The molecule has 0 atom stereocenters. The summed E-state index contributed by atoms with van der Waals surface area (Å²) in [7, 11) is -3.93. The van der Waals surface area contributed by atoms with Crippen LogP contribution in [-0.4, -0.2) is 30.1 Å². The van der Waals surface area contributed by atoms with Crippen LogP contribution in [0.1, 0.15) is 15.9 Å². The van der Waals surface area contributed by atoms with Gasteiger partial charge in [-0.15, -0.1) is 0 Å². The number of pyridine rings is 1. The standard InChI is InChI=1S/C22H14ClF4N3O3S/c1-34(32,33)29-21(31)15-9-17(23)19(10-18(15)24)30-11-16(14-3-2-8-28-20(14)30)12-4-6-13(7-5-12)22(25,26)27/h2-11H,1H3,(H,29,31).